The lowest BCUT2D eigenvalue weighted by Crippen LogP contribution is -2.35. The molecule has 0 radical (unpaired) electrons. The molecule has 1 aromatic heterocycles. The van der Waals surface area contributed by atoms with Crippen LogP contribution in [0, 0.1) is 6.92 Å². The first-order valence-corrected chi connectivity index (χ1v) is 7.75. The number of amides is 1. The second kappa shape index (κ2) is 6.55. The van der Waals surface area contributed by atoms with Crippen molar-refractivity contribution in [1.29, 1.82) is 0 Å². The average Bonchev–Trinajstić information content (AvgIpc) is 2.64. The van der Waals surface area contributed by atoms with Crippen LogP contribution in [-0.2, 0) is 0 Å². The predicted octanol–water partition coefficient (Wildman–Crippen LogP) is 2.44. The zero-order valence-corrected chi connectivity index (χ0v) is 12.3. The van der Waals surface area contributed by atoms with Crippen molar-refractivity contribution >= 4 is 28.8 Å². The number of aryl methyl sites for hydroxylation is 1. The first kappa shape index (κ1) is 13.8. The summed E-state index contributed by atoms with van der Waals surface area (Å²) in [5.41, 5.74) is 1.09. The molecule has 0 N–H and O–H groups in total. The molecule has 1 fully saturated rings. The van der Waals surface area contributed by atoms with E-state index in [1.54, 1.807) is 11.3 Å². The summed E-state index contributed by atoms with van der Waals surface area (Å²) < 4.78 is 0. The molecule has 0 saturated carbocycles. The number of nitrogens with zero attached hydrogens (tertiary/aromatic N) is 2. The van der Waals surface area contributed by atoms with Crippen LogP contribution in [0.5, 0.6) is 0 Å². The fourth-order valence-corrected chi connectivity index (χ4v) is 3.38. The van der Waals surface area contributed by atoms with Crippen molar-refractivity contribution in [2.24, 2.45) is 0 Å². The lowest BCUT2D eigenvalue weighted by atomic mass is 10.2. The van der Waals surface area contributed by atoms with E-state index in [4.69, 9.17) is 11.6 Å². The quantitative estimate of drug-likeness (QED) is 0.797. The second-order valence-electron chi connectivity index (χ2n) is 4.61. The number of alkyl halides is 1. The molecule has 0 bridgehead atoms. The van der Waals surface area contributed by atoms with Crippen LogP contribution in [0.25, 0.3) is 0 Å². The smallest absolute Gasteiger partial charge is 0.264 e. The van der Waals surface area contributed by atoms with E-state index in [2.05, 4.69) is 4.90 Å². The summed E-state index contributed by atoms with van der Waals surface area (Å²) >= 11 is 7.31. The van der Waals surface area contributed by atoms with E-state index in [0.717, 1.165) is 49.6 Å². The highest BCUT2D eigenvalue weighted by Crippen LogP contribution is 2.18. The van der Waals surface area contributed by atoms with Crippen LogP contribution in [0.3, 0.4) is 0 Å². The fraction of sp³-hybridized carbons (Fsp3) is 0.615. The highest BCUT2D eigenvalue weighted by Gasteiger charge is 2.21. The summed E-state index contributed by atoms with van der Waals surface area (Å²) in [6, 6.07) is 2.01. The minimum atomic E-state index is 0.190. The molecule has 2 heterocycles. The van der Waals surface area contributed by atoms with Gasteiger partial charge in [-0.3, -0.25) is 4.79 Å². The van der Waals surface area contributed by atoms with Crippen molar-refractivity contribution in [2.45, 2.75) is 13.3 Å². The van der Waals surface area contributed by atoms with E-state index in [1.165, 1.54) is 0 Å². The van der Waals surface area contributed by atoms with Crippen LogP contribution < -0.4 is 0 Å². The summed E-state index contributed by atoms with van der Waals surface area (Å²) in [5.74, 6) is 0.855. The lowest BCUT2D eigenvalue weighted by molar-refractivity contribution is 0.0766. The highest BCUT2D eigenvalue weighted by molar-refractivity contribution is 7.12. The number of halogens is 1. The largest absolute Gasteiger partial charge is 0.337 e. The molecular weight excluding hydrogens is 268 g/mol. The first-order valence-electron chi connectivity index (χ1n) is 6.34. The summed E-state index contributed by atoms with van der Waals surface area (Å²) in [7, 11) is 0. The molecule has 5 heteroatoms. The first-order chi connectivity index (χ1) is 8.72. The van der Waals surface area contributed by atoms with Gasteiger partial charge in [-0.2, -0.15) is 0 Å². The lowest BCUT2D eigenvalue weighted by Gasteiger charge is -2.21. The molecule has 1 aliphatic heterocycles. The van der Waals surface area contributed by atoms with Crippen LogP contribution in [0.1, 0.15) is 21.7 Å². The predicted molar refractivity (Wildman–Crippen MR) is 76.7 cm³/mol. The van der Waals surface area contributed by atoms with Crippen molar-refractivity contribution < 1.29 is 4.79 Å². The van der Waals surface area contributed by atoms with Crippen molar-refractivity contribution in [3.05, 3.63) is 21.9 Å². The Balaban J connectivity index is 1.98. The molecule has 1 amide bonds. The van der Waals surface area contributed by atoms with Crippen molar-refractivity contribution in [1.82, 2.24) is 9.80 Å². The average molecular weight is 287 g/mol. The van der Waals surface area contributed by atoms with E-state index in [9.17, 15) is 4.79 Å². The standard InChI is InChI=1S/C13H19ClN2OS/c1-11-3-10-18-12(11)13(17)16-6-2-5-15(7-4-14)8-9-16/h3,10H,2,4-9H2,1H3. The molecule has 1 aliphatic rings. The zero-order valence-electron chi connectivity index (χ0n) is 10.7. The van der Waals surface area contributed by atoms with Crippen molar-refractivity contribution in [3.8, 4) is 0 Å². The van der Waals surface area contributed by atoms with E-state index < -0.39 is 0 Å². The van der Waals surface area contributed by atoms with Gasteiger partial charge >= 0.3 is 0 Å². The van der Waals surface area contributed by atoms with Crippen molar-refractivity contribution in [3.63, 3.8) is 0 Å². The van der Waals surface area contributed by atoms with Gasteiger partial charge in [-0.1, -0.05) is 0 Å². The Morgan fingerprint density at radius 3 is 2.89 bits per heavy atom. The SMILES string of the molecule is Cc1ccsc1C(=O)N1CCCN(CCCl)CC1. The van der Waals surface area contributed by atoms with Gasteiger partial charge in [0, 0.05) is 32.1 Å². The molecule has 100 valence electrons. The molecule has 0 aromatic carbocycles. The van der Waals surface area contributed by atoms with Gasteiger partial charge in [-0.15, -0.1) is 22.9 Å². The summed E-state index contributed by atoms with van der Waals surface area (Å²) in [5, 5.41) is 1.99. The maximum atomic E-state index is 12.4. The van der Waals surface area contributed by atoms with Gasteiger partial charge in [0.2, 0.25) is 0 Å². The molecule has 0 unspecified atom stereocenters. The second-order valence-corrected chi connectivity index (χ2v) is 5.90. The third kappa shape index (κ3) is 3.25. The van der Waals surface area contributed by atoms with Gasteiger partial charge in [0.1, 0.15) is 0 Å². The van der Waals surface area contributed by atoms with Gasteiger partial charge in [0.25, 0.3) is 5.91 Å². The Kier molecular flexibility index (Phi) is 5.03. The number of carbonyl (C=O) groups is 1. The Morgan fingerprint density at radius 2 is 2.22 bits per heavy atom. The van der Waals surface area contributed by atoms with Crippen LogP contribution >= 0.6 is 22.9 Å². The third-order valence-electron chi connectivity index (χ3n) is 3.33. The van der Waals surface area contributed by atoms with Gasteiger partial charge in [-0.05, 0) is 36.9 Å². The minimum Gasteiger partial charge on any atom is -0.337 e. The highest BCUT2D eigenvalue weighted by atomic mass is 35.5. The molecule has 0 aliphatic carbocycles. The molecular formula is C13H19ClN2OS. The molecule has 1 aromatic rings. The third-order valence-corrected chi connectivity index (χ3v) is 4.51. The van der Waals surface area contributed by atoms with E-state index >= 15 is 0 Å². The molecule has 0 atom stereocenters. The topological polar surface area (TPSA) is 23.6 Å². The van der Waals surface area contributed by atoms with Gasteiger partial charge in [-0.25, -0.2) is 0 Å². The number of carbonyl (C=O) groups excluding carboxylic acids is 1. The maximum absolute atomic E-state index is 12.4. The number of hydrogen-bond donors (Lipinski definition) is 0. The van der Waals surface area contributed by atoms with Crippen LogP contribution in [0.2, 0.25) is 0 Å². The summed E-state index contributed by atoms with van der Waals surface area (Å²) in [6.45, 7) is 6.56. The van der Waals surface area contributed by atoms with E-state index in [0.29, 0.717) is 5.88 Å². The van der Waals surface area contributed by atoms with E-state index in [-0.39, 0.29) is 5.91 Å². The molecule has 1 saturated heterocycles. The van der Waals surface area contributed by atoms with E-state index in [1.807, 2.05) is 23.3 Å². The fourth-order valence-electron chi connectivity index (χ4n) is 2.25. The molecule has 0 spiro atoms. The number of hydrogen-bond acceptors (Lipinski definition) is 3. The Bertz CT molecular complexity index is 407. The summed E-state index contributed by atoms with van der Waals surface area (Å²) in [6.07, 6.45) is 1.03. The number of thiophene rings is 1. The van der Waals surface area contributed by atoms with Crippen molar-refractivity contribution in [2.75, 3.05) is 38.6 Å². The van der Waals surface area contributed by atoms with Gasteiger partial charge in [0.05, 0.1) is 4.88 Å². The molecule has 3 nitrogen and oxygen atoms in total. The minimum absolute atomic E-state index is 0.190. The summed E-state index contributed by atoms with van der Waals surface area (Å²) in [4.78, 5) is 17.6. The Morgan fingerprint density at radius 1 is 1.39 bits per heavy atom. The monoisotopic (exact) mass is 286 g/mol. The number of rotatable bonds is 3. The van der Waals surface area contributed by atoms with Crippen LogP contribution in [-0.4, -0.2) is 54.3 Å². The normalized spacial score (nSPS) is 17.8. The van der Waals surface area contributed by atoms with Gasteiger partial charge < -0.3 is 9.80 Å². The maximum Gasteiger partial charge on any atom is 0.264 e. The zero-order chi connectivity index (χ0) is 13.0. The van der Waals surface area contributed by atoms with Gasteiger partial charge in [0.15, 0.2) is 0 Å². The van der Waals surface area contributed by atoms with Crippen LogP contribution in [0.4, 0.5) is 0 Å². The van der Waals surface area contributed by atoms with Crippen LogP contribution in [0.15, 0.2) is 11.4 Å². The molecule has 18 heavy (non-hydrogen) atoms. The Labute approximate surface area is 117 Å². The molecule has 2 rings (SSSR count). The Hall–Kier alpha value is -0.580.